The number of ketones is 1. The largest absolute Gasteiger partial charge is 0.481 e. The quantitative estimate of drug-likeness (QED) is 0.549. The van der Waals surface area contributed by atoms with Gasteiger partial charge in [-0.25, -0.2) is 0 Å². The Morgan fingerprint density at radius 2 is 2.27 bits per heavy atom. The Hall–Kier alpha value is -0.900. The maximum absolute atomic E-state index is 11.0. The first-order valence-electron chi connectivity index (χ1n) is 3.65. The number of carbonyl (C=O) groups is 2. The first kappa shape index (κ1) is 8.20. The van der Waals surface area contributed by atoms with E-state index in [1.807, 2.05) is 0 Å². The average Bonchev–Trinajstić information content (AvgIpc) is 2.35. The third-order valence-electron chi connectivity index (χ3n) is 1.84. The van der Waals surface area contributed by atoms with E-state index in [9.17, 15) is 9.59 Å². The van der Waals surface area contributed by atoms with Crippen LogP contribution in [0.2, 0.25) is 0 Å². The molecule has 0 radical (unpaired) electrons. The standard InChI is InChI=1S/C7H11NO3/c9-6(3-7(10)11)5-1-2-8-4-5/h5,8H,1-4H2,(H,10,11). The van der Waals surface area contributed by atoms with E-state index < -0.39 is 5.97 Å². The molecule has 1 fully saturated rings. The van der Waals surface area contributed by atoms with Gasteiger partial charge in [-0.1, -0.05) is 0 Å². The third kappa shape index (κ3) is 2.31. The summed E-state index contributed by atoms with van der Waals surface area (Å²) in [6.07, 6.45) is 0.457. The van der Waals surface area contributed by atoms with Crippen molar-refractivity contribution in [2.45, 2.75) is 12.8 Å². The van der Waals surface area contributed by atoms with E-state index in [2.05, 4.69) is 5.32 Å². The van der Waals surface area contributed by atoms with Crippen LogP contribution in [0.3, 0.4) is 0 Å². The van der Waals surface area contributed by atoms with E-state index in [4.69, 9.17) is 5.11 Å². The number of aliphatic carboxylic acids is 1. The van der Waals surface area contributed by atoms with Crippen LogP contribution in [0.25, 0.3) is 0 Å². The summed E-state index contributed by atoms with van der Waals surface area (Å²) in [7, 11) is 0. The predicted octanol–water partition coefficient (Wildman–Crippen LogP) is -0.360. The molecule has 0 aromatic carbocycles. The first-order chi connectivity index (χ1) is 5.20. The van der Waals surface area contributed by atoms with Gasteiger partial charge in [-0.05, 0) is 13.0 Å². The second kappa shape index (κ2) is 3.48. The summed E-state index contributed by atoms with van der Waals surface area (Å²) in [4.78, 5) is 21.2. The van der Waals surface area contributed by atoms with E-state index in [1.54, 1.807) is 0 Å². The number of rotatable bonds is 3. The van der Waals surface area contributed by atoms with Crippen LogP contribution in [-0.2, 0) is 9.59 Å². The molecule has 0 aliphatic carbocycles. The lowest BCUT2D eigenvalue weighted by molar-refractivity contribution is -0.141. The van der Waals surface area contributed by atoms with Crippen LogP contribution < -0.4 is 5.32 Å². The van der Waals surface area contributed by atoms with E-state index in [0.717, 1.165) is 13.0 Å². The van der Waals surface area contributed by atoms with Crippen molar-refractivity contribution in [3.8, 4) is 0 Å². The van der Waals surface area contributed by atoms with Crippen molar-refractivity contribution in [1.29, 1.82) is 0 Å². The Bertz CT molecular complexity index is 173. The summed E-state index contributed by atoms with van der Waals surface area (Å²) in [6, 6.07) is 0. The first-order valence-corrected chi connectivity index (χ1v) is 3.65. The average molecular weight is 157 g/mol. The highest BCUT2D eigenvalue weighted by molar-refractivity contribution is 5.96. The Morgan fingerprint density at radius 3 is 2.73 bits per heavy atom. The molecule has 1 aliphatic rings. The normalized spacial score (nSPS) is 23.5. The fraction of sp³-hybridized carbons (Fsp3) is 0.714. The van der Waals surface area contributed by atoms with Crippen molar-refractivity contribution in [3.63, 3.8) is 0 Å². The molecule has 1 atom stereocenters. The maximum atomic E-state index is 11.0. The zero-order valence-corrected chi connectivity index (χ0v) is 6.17. The number of carbonyl (C=O) groups excluding carboxylic acids is 1. The SMILES string of the molecule is O=C(O)CC(=O)C1CCNC1. The lowest BCUT2D eigenvalue weighted by Gasteiger charge is -2.02. The monoisotopic (exact) mass is 157 g/mol. The van der Waals surface area contributed by atoms with Gasteiger partial charge in [0.1, 0.15) is 12.2 Å². The summed E-state index contributed by atoms with van der Waals surface area (Å²) >= 11 is 0. The Labute approximate surface area is 64.6 Å². The molecule has 0 amide bonds. The van der Waals surface area contributed by atoms with Crippen LogP contribution in [0, 0.1) is 5.92 Å². The molecule has 1 saturated heterocycles. The molecule has 1 heterocycles. The third-order valence-corrected chi connectivity index (χ3v) is 1.84. The number of hydrogen-bond donors (Lipinski definition) is 2. The molecule has 0 bridgehead atoms. The molecule has 0 aromatic rings. The molecule has 1 unspecified atom stereocenters. The zero-order valence-electron chi connectivity index (χ0n) is 6.17. The van der Waals surface area contributed by atoms with Crippen molar-refractivity contribution in [3.05, 3.63) is 0 Å². The van der Waals surface area contributed by atoms with Gasteiger partial charge >= 0.3 is 5.97 Å². The Balaban J connectivity index is 2.34. The minimum atomic E-state index is -1.03. The zero-order chi connectivity index (χ0) is 8.27. The van der Waals surface area contributed by atoms with Crippen LogP contribution in [0.5, 0.6) is 0 Å². The minimum Gasteiger partial charge on any atom is -0.481 e. The second-order valence-electron chi connectivity index (χ2n) is 2.73. The summed E-state index contributed by atoms with van der Waals surface area (Å²) < 4.78 is 0. The van der Waals surface area contributed by atoms with E-state index in [0.29, 0.717) is 6.54 Å². The molecule has 2 N–H and O–H groups in total. The number of carboxylic acids is 1. The van der Waals surface area contributed by atoms with Crippen LogP contribution in [0.15, 0.2) is 0 Å². The van der Waals surface area contributed by atoms with Crippen LogP contribution in [0.4, 0.5) is 0 Å². The van der Waals surface area contributed by atoms with Crippen molar-refractivity contribution in [2.75, 3.05) is 13.1 Å². The molecular formula is C7H11NO3. The van der Waals surface area contributed by atoms with Gasteiger partial charge in [0.15, 0.2) is 0 Å². The molecule has 0 spiro atoms. The number of hydrogen-bond acceptors (Lipinski definition) is 3. The van der Waals surface area contributed by atoms with Crippen molar-refractivity contribution < 1.29 is 14.7 Å². The van der Waals surface area contributed by atoms with Crippen molar-refractivity contribution >= 4 is 11.8 Å². The number of carboxylic acid groups (broad SMARTS) is 1. The molecule has 1 rings (SSSR count). The molecule has 0 aromatic heterocycles. The highest BCUT2D eigenvalue weighted by Crippen LogP contribution is 2.10. The van der Waals surface area contributed by atoms with Gasteiger partial charge in [0.2, 0.25) is 0 Å². The Kier molecular flexibility index (Phi) is 2.59. The predicted molar refractivity (Wildman–Crippen MR) is 38.2 cm³/mol. The van der Waals surface area contributed by atoms with E-state index in [1.165, 1.54) is 0 Å². The fourth-order valence-electron chi connectivity index (χ4n) is 1.22. The molecule has 0 saturated carbocycles. The van der Waals surface area contributed by atoms with Crippen molar-refractivity contribution in [2.24, 2.45) is 5.92 Å². The maximum Gasteiger partial charge on any atom is 0.310 e. The molecule has 4 nitrogen and oxygen atoms in total. The van der Waals surface area contributed by atoms with E-state index in [-0.39, 0.29) is 18.1 Å². The van der Waals surface area contributed by atoms with Gasteiger partial charge in [0.05, 0.1) is 0 Å². The van der Waals surface area contributed by atoms with Gasteiger partial charge < -0.3 is 10.4 Å². The Morgan fingerprint density at radius 1 is 1.55 bits per heavy atom. The lowest BCUT2D eigenvalue weighted by Crippen LogP contribution is -2.20. The molecular weight excluding hydrogens is 146 g/mol. The number of Topliss-reactive ketones (excluding diaryl/α,β-unsaturated/α-hetero) is 1. The number of nitrogens with one attached hydrogen (secondary N) is 1. The highest BCUT2D eigenvalue weighted by Gasteiger charge is 2.23. The van der Waals surface area contributed by atoms with Crippen LogP contribution in [0.1, 0.15) is 12.8 Å². The summed E-state index contributed by atoms with van der Waals surface area (Å²) in [5.41, 5.74) is 0. The second-order valence-corrected chi connectivity index (χ2v) is 2.73. The molecule has 4 heteroatoms. The fourth-order valence-corrected chi connectivity index (χ4v) is 1.22. The van der Waals surface area contributed by atoms with Gasteiger partial charge in [-0.2, -0.15) is 0 Å². The van der Waals surface area contributed by atoms with Gasteiger partial charge in [0.25, 0.3) is 0 Å². The van der Waals surface area contributed by atoms with Crippen LogP contribution in [-0.4, -0.2) is 29.9 Å². The van der Waals surface area contributed by atoms with Gasteiger partial charge in [-0.3, -0.25) is 9.59 Å². The van der Waals surface area contributed by atoms with Gasteiger partial charge in [-0.15, -0.1) is 0 Å². The summed E-state index contributed by atoms with van der Waals surface area (Å²) in [5, 5.41) is 11.3. The van der Waals surface area contributed by atoms with Gasteiger partial charge in [0, 0.05) is 12.5 Å². The van der Waals surface area contributed by atoms with E-state index >= 15 is 0 Å². The minimum absolute atomic E-state index is 0.0638. The summed E-state index contributed by atoms with van der Waals surface area (Å²) in [6.45, 7) is 1.47. The highest BCUT2D eigenvalue weighted by atomic mass is 16.4. The molecule has 1 aliphatic heterocycles. The lowest BCUT2D eigenvalue weighted by atomic mass is 10.0. The summed E-state index contributed by atoms with van der Waals surface area (Å²) in [5.74, 6) is -1.24. The smallest absolute Gasteiger partial charge is 0.310 e. The molecule has 11 heavy (non-hydrogen) atoms. The molecule has 62 valence electrons. The van der Waals surface area contributed by atoms with Crippen molar-refractivity contribution in [1.82, 2.24) is 5.32 Å². The topological polar surface area (TPSA) is 66.4 Å². The van der Waals surface area contributed by atoms with Crippen LogP contribution >= 0.6 is 0 Å².